The molecule has 9 heteroatoms. The summed E-state index contributed by atoms with van der Waals surface area (Å²) in [4.78, 5) is 20.3. The van der Waals surface area contributed by atoms with E-state index in [0.29, 0.717) is 16.7 Å². The molecule has 0 bridgehead atoms. The molecule has 3 aromatic rings. The molecule has 4 rings (SSSR count). The summed E-state index contributed by atoms with van der Waals surface area (Å²) in [6.07, 6.45) is 5.92. The summed E-state index contributed by atoms with van der Waals surface area (Å²) < 4.78 is 1.71. The van der Waals surface area contributed by atoms with Gasteiger partial charge in [-0.05, 0) is 31.7 Å². The molecule has 8 nitrogen and oxygen atoms in total. The summed E-state index contributed by atoms with van der Waals surface area (Å²) in [6, 6.07) is 3.98. The lowest BCUT2D eigenvalue weighted by Crippen LogP contribution is -2.34. The van der Waals surface area contributed by atoms with E-state index in [-0.39, 0.29) is 0 Å². The number of rotatable bonds is 4. The van der Waals surface area contributed by atoms with E-state index in [1.54, 1.807) is 16.9 Å². The summed E-state index contributed by atoms with van der Waals surface area (Å²) in [5.41, 5.74) is 2.64. The quantitative estimate of drug-likeness (QED) is 0.638. The van der Waals surface area contributed by atoms with Crippen LogP contribution in [0.15, 0.2) is 23.6 Å². The second kappa shape index (κ2) is 7.48. The number of nitrogens with zero attached hydrogens (tertiary/aromatic N) is 8. The Morgan fingerprint density at radius 3 is 2.85 bits per heavy atom. The van der Waals surface area contributed by atoms with Crippen LogP contribution in [0, 0.1) is 24.2 Å². The van der Waals surface area contributed by atoms with E-state index in [1.807, 2.05) is 13.0 Å². The Bertz CT molecular complexity index is 1000. The Hall–Kier alpha value is -2.73. The largest absolute Gasteiger partial charge is 0.341 e. The van der Waals surface area contributed by atoms with Crippen LogP contribution in [0.25, 0.3) is 17.0 Å². The Labute approximate surface area is 161 Å². The molecule has 3 aromatic heterocycles. The highest BCUT2D eigenvalue weighted by molar-refractivity contribution is 7.99. The maximum atomic E-state index is 8.73. The summed E-state index contributed by atoms with van der Waals surface area (Å²) in [5.74, 6) is 2.37. The maximum Gasteiger partial charge on any atom is 0.253 e. The van der Waals surface area contributed by atoms with E-state index in [1.165, 1.54) is 24.6 Å². The molecule has 1 fully saturated rings. The van der Waals surface area contributed by atoms with Crippen LogP contribution in [0.1, 0.15) is 25.5 Å². The van der Waals surface area contributed by atoms with Gasteiger partial charge in [-0.2, -0.15) is 14.8 Å². The summed E-state index contributed by atoms with van der Waals surface area (Å²) in [5, 5.41) is 13.7. The molecule has 0 N–H and O–H groups in total. The van der Waals surface area contributed by atoms with E-state index in [2.05, 4.69) is 37.9 Å². The van der Waals surface area contributed by atoms with Crippen LogP contribution in [0.2, 0.25) is 0 Å². The summed E-state index contributed by atoms with van der Waals surface area (Å²) in [7, 11) is 0. The lowest BCUT2D eigenvalue weighted by Gasteiger charge is -2.30. The number of hydrogen-bond acceptors (Lipinski definition) is 8. The topological polar surface area (TPSA) is 95.9 Å². The van der Waals surface area contributed by atoms with Crippen LogP contribution < -0.4 is 4.90 Å². The van der Waals surface area contributed by atoms with Crippen molar-refractivity contribution >= 4 is 23.5 Å². The number of aromatic nitrogens is 6. The van der Waals surface area contributed by atoms with E-state index in [4.69, 9.17) is 10.2 Å². The molecule has 0 radical (unpaired) electrons. The predicted molar refractivity (Wildman–Crippen MR) is 103 cm³/mol. The van der Waals surface area contributed by atoms with Gasteiger partial charge in [0.15, 0.2) is 0 Å². The van der Waals surface area contributed by atoms with E-state index in [9.17, 15) is 0 Å². The third-order valence-electron chi connectivity index (χ3n) is 4.84. The predicted octanol–water partition coefficient (Wildman–Crippen LogP) is 2.74. The first-order valence-electron chi connectivity index (χ1n) is 8.96. The normalized spacial score (nSPS) is 15.2. The third kappa shape index (κ3) is 3.57. The molecule has 138 valence electrons. The standard InChI is InChI=1S/C18H20N8S/c1-12-4-8-25(9-5-12)16-20-7-3-15(22-16)14-11-21-17-23-18(27-10-6-19)24-26(17)13(14)2/h3,7,11-12H,4-5,8-10H2,1-2H3. The number of aryl methyl sites for hydroxylation is 1. The van der Waals surface area contributed by atoms with Crippen molar-refractivity contribution < 1.29 is 0 Å². The van der Waals surface area contributed by atoms with Crippen molar-refractivity contribution in [1.82, 2.24) is 29.5 Å². The van der Waals surface area contributed by atoms with Gasteiger partial charge in [0.25, 0.3) is 5.78 Å². The zero-order valence-corrected chi connectivity index (χ0v) is 16.1. The van der Waals surface area contributed by atoms with Crippen LogP contribution in [-0.4, -0.2) is 48.4 Å². The fraction of sp³-hybridized carbons (Fsp3) is 0.444. The van der Waals surface area contributed by atoms with E-state index >= 15 is 0 Å². The van der Waals surface area contributed by atoms with Crippen LogP contribution in [0.4, 0.5) is 5.95 Å². The molecule has 0 amide bonds. The summed E-state index contributed by atoms with van der Waals surface area (Å²) in [6.45, 7) is 6.24. The van der Waals surface area contributed by atoms with E-state index < -0.39 is 0 Å². The number of hydrogen-bond donors (Lipinski definition) is 0. The molecule has 1 saturated heterocycles. The Balaban J connectivity index is 1.67. The molecule has 0 aromatic carbocycles. The molecule has 0 saturated carbocycles. The molecular weight excluding hydrogens is 360 g/mol. The van der Waals surface area contributed by atoms with Gasteiger partial charge in [0.1, 0.15) is 0 Å². The fourth-order valence-corrected chi connectivity index (χ4v) is 3.67. The molecule has 1 aliphatic rings. The zero-order valence-electron chi connectivity index (χ0n) is 15.3. The number of fused-ring (bicyclic) bond motifs is 1. The lowest BCUT2D eigenvalue weighted by atomic mass is 10.00. The monoisotopic (exact) mass is 380 g/mol. The van der Waals surface area contributed by atoms with Gasteiger partial charge in [0, 0.05) is 31.0 Å². The Kier molecular flexibility index (Phi) is 4.90. The first-order chi connectivity index (χ1) is 13.2. The molecular formula is C18H20N8S. The minimum absolute atomic E-state index is 0.312. The van der Waals surface area contributed by atoms with Gasteiger partial charge in [-0.25, -0.2) is 15.0 Å². The number of nitriles is 1. The van der Waals surface area contributed by atoms with Crippen LogP contribution in [-0.2, 0) is 0 Å². The van der Waals surface area contributed by atoms with Crippen molar-refractivity contribution in [2.45, 2.75) is 31.8 Å². The lowest BCUT2D eigenvalue weighted by molar-refractivity contribution is 0.434. The highest BCUT2D eigenvalue weighted by atomic mass is 32.2. The van der Waals surface area contributed by atoms with Crippen molar-refractivity contribution in [2.24, 2.45) is 5.92 Å². The second-order valence-electron chi connectivity index (χ2n) is 6.72. The van der Waals surface area contributed by atoms with Gasteiger partial charge in [-0.15, -0.1) is 5.10 Å². The van der Waals surface area contributed by atoms with Crippen LogP contribution in [0.3, 0.4) is 0 Å². The van der Waals surface area contributed by atoms with Crippen molar-refractivity contribution in [3.63, 3.8) is 0 Å². The van der Waals surface area contributed by atoms with Gasteiger partial charge in [-0.1, -0.05) is 18.7 Å². The molecule has 0 atom stereocenters. The minimum atomic E-state index is 0.312. The minimum Gasteiger partial charge on any atom is -0.341 e. The average molecular weight is 380 g/mol. The van der Waals surface area contributed by atoms with Crippen molar-refractivity contribution in [3.8, 4) is 17.3 Å². The SMILES string of the molecule is Cc1c(-c2ccnc(N3CCC(C)CC3)n2)cnc2nc(SCC#N)nn12. The number of thioether (sulfide) groups is 1. The highest BCUT2D eigenvalue weighted by Crippen LogP contribution is 2.25. The number of anilines is 1. The van der Waals surface area contributed by atoms with Crippen molar-refractivity contribution in [3.05, 3.63) is 24.2 Å². The molecule has 0 aliphatic carbocycles. The first kappa shape index (κ1) is 17.7. The smallest absolute Gasteiger partial charge is 0.253 e. The van der Waals surface area contributed by atoms with Gasteiger partial charge in [0.05, 0.1) is 23.2 Å². The van der Waals surface area contributed by atoms with Gasteiger partial charge < -0.3 is 4.90 Å². The highest BCUT2D eigenvalue weighted by Gasteiger charge is 2.19. The molecule has 4 heterocycles. The second-order valence-corrected chi connectivity index (χ2v) is 7.66. The van der Waals surface area contributed by atoms with Crippen molar-refractivity contribution in [2.75, 3.05) is 23.7 Å². The molecule has 27 heavy (non-hydrogen) atoms. The van der Waals surface area contributed by atoms with Gasteiger partial charge in [0.2, 0.25) is 11.1 Å². The zero-order chi connectivity index (χ0) is 18.8. The average Bonchev–Trinajstić information content (AvgIpc) is 3.11. The van der Waals surface area contributed by atoms with Crippen LogP contribution >= 0.6 is 11.8 Å². The molecule has 0 spiro atoms. The molecule has 1 aliphatic heterocycles. The Morgan fingerprint density at radius 2 is 2.07 bits per heavy atom. The first-order valence-corrected chi connectivity index (χ1v) is 9.95. The number of piperidine rings is 1. The van der Waals surface area contributed by atoms with E-state index in [0.717, 1.165) is 41.9 Å². The van der Waals surface area contributed by atoms with Crippen LogP contribution in [0.5, 0.6) is 0 Å². The Morgan fingerprint density at radius 1 is 1.26 bits per heavy atom. The van der Waals surface area contributed by atoms with Gasteiger partial charge in [-0.3, -0.25) is 0 Å². The van der Waals surface area contributed by atoms with Gasteiger partial charge >= 0.3 is 0 Å². The molecule has 0 unspecified atom stereocenters. The summed E-state index contributed by atoms with van der Waals surface area (Å²) >= 11 is 1.30. The van der Waals surface area contributed by atoms with Crippen molar-refractivity contribution in [1.29, 1.82) is 5.26 Å². The third-order valence-corrected chi connectivity index (χ3v) is 5.54. The fourth-order valence-electron chi connectivity index (χ4n) is 3.19. The maximum absolute atomic E-state index is 8.73.